The van der Waals surface area contributed by atoms with Crippen LogP contribution in [0.5, 0.6) is 0 Å². The van der Waals surface area contributed by atoms with Crippen molar-refractivity contribution < 1.29 is 9.21 Å². The lowest BCUT2D eigenvalue weighted by Gasteiger charge is -1.94. The zero-order valence-electron chi connectivity index (χ0n) is 8.29. The summed E-state index contributed by atoms with van der Waals surface area (Å²) in [5.41, 5.74) is 7.36. The molecule has 2 aromatic rings. The van der Waals surface area contributed by atoms with Gasteiger partial charge in [0.1, 0.15) is 0 Å². The lowest BCUT2D eigenvalue weighted by Crippen LogP contribution is -2.11. The minimum atomic E-state index is -0.553. The van der Waals surface area contributed by atoms with E-state index in [-0.39, 0.29) is 5.76 Å². The molecule has 0 spiro atoms. The van der Waals surface area contributed by atoms with Gasteiger partial charge < -0.3 is 10.2 Å². The van der Waals surface area contributed by atoms with Gasteiger partial charge in [-0.05, 0) is 13.8 Å². The summed E-state index contributed by atoms with van der Waals surface area (Å²) >= 11 is 0. The molecule has 0 aromatic carbocycles. The number of carbonyl (C=O) groups is 1. The first-order chi connectivity index (χ1) is 6.52. The molecule has 14 heavy (non-hydrogen) atoms. The van der Waals surface area contributed by atoms with Crippen LogP contribution in [0.2, 0.25) is 0 Å². The third-order valence-electron chi connectivity index (χ3n) is 2.44. The highest BCUT2D eigenvalue weighted by Crippen LogP contribution is 2.26. The molecule has 0 radical (unpaired) electrons. The number of hydrogen-bond donors (Lipinski definition) is 1. The van der Waals surface area contributed by atoms with Crippen LogP contribution >= 0.6 is 0 Å². The van der Waals surface area contributed by atoms with E-state index in [2.05, 4.69) is 5.10 Å². The highest BCUT2D eigenvalue weighted by molar-refractivity contribution is 5.97. The SMILES string of the molecule is Cc1c(C(N)=O)oc2nn(C)c(C)c12. The van der Waals surface area contributed by atoms with E-state index in [0.717, 1.165) is 16.6 Å². The van der Waals surface area contributed by atoms with Crippen molar-refractivity contribution in [2.45, 2.75) is 13.8 Å². The zero-order valence-corrected chi connectivity index (χ0v) is 8.29. The van der Waals surface area contributed by atoms with Crippen molar-refractivity contribution in [2.24, 2.45) is 12.8 Å². The lowest BCUT2D eigenvalue weighted by molar-refractivity contribution is 0.0974. The number of furan rings is 1. The Kier molecular flexibility index (Phi) is 1.64. The average molecular weight is 193 g/mol. The molecule has 74 valence electrons. The van der Waals surface area contributed by atoms with Crippen molar-refractivity contribution in [1.82, 2.24) is 9.78 Å². The Morgan fingerprint density at radius 1 is 1.50 bits per heavy atom. The summed E-state index contributed by atoms with van der Waals surface area (Å²) in [6.45, 7) is 3.73. The van der Waals surface area contributed by atoms with E-state index in [1.807, 2.05) is 14.0 Å². The Bertz CT molecular complexity index is 522. The van der Waals surface area contributed by atoms with E-state index in [9.17, 15) is 4.79 Å². The number of aryl methyl sites for hydroxylation is 3. The number of rotatable bonds is 1. The molecular weight excluding hydrogens is 182 g/mol. The average Bonchev–Trinajstić information content (AvgIpc) is 2.54. The van der Waals surface area contributed by atoms with Gasteiger partial charge in [-0.3, -0.25) is 9.48 Å². The Hall–Kier alpha value is -1.78. The number of nitrogens with zero attached hydrogens (tertiary/aromatic N) is 2. The Morgan fingerprint density at radius 2 is 2.14 bits per heavy atom. The second-order valence-corrected chi connectivity index (χ2v) is 3.31. The van der Waals surface area contributed by atoms with Crippen LogP contribution in [0, 0.1) is 13.8 Å². The maximum atomic E-state index is 11.0. The molecule has 0 bridgehead atoms. The Morgan fingerprint density at radius 3 is 2.64 bits per heavy atom. The first kappa shape index (κ1) is 8.80. The molecule has 2 aromatic heterocycles. The summed E-state index contributed by atoms with van der Waals surface area (Å²) < 4.78 is 6.97. The molecule has 0 aliphatic rings. The molecule has 2 N–H and O–H groups in total. The summed E-state index contributed by atoms with van der Waals surface area (Å²) in [5, 5.41) is 5.00. The quantitative estimate of drug-likeness (QED) is 0.730. The second kappa shape index (κ2) is 2.60. The first-order valence-electron chi connectivity index (χ1n) is 4.25. The fourth-order valence-corrected chi connectivity index (χ4v) is 1.60. The molecule has 2 rings (SSSR count). The molecular formula is C9H11N3O2. The Labute approximate surface area is 80.5 Å². The van der Waals surface area contributed by atoms with Crippen molar-refractivity contribution >= 4 is 17.0 Å². The van der Waals surface area contributed by atoms with Crippen LogP contribution in [0.1, 0.15) is 21.8 Å². The highest BCUT2D eigenvalue weighted by Gasteiger charge is 2.19. The number of aromatic nitrogens is 2. The van der Waals surface area contributed by atoms with Gasteiger partial charge in [-0.2, -0.15) is 0 Å². The van der Waals surface area contributed by atoms with Gasteiger partial charge in [0.25, 0.3) is 5.91 Å². The molecule has 5 nitrogen and oxygen atoms in total. The van der Waals surface area contributed by atoms with Crippen LogP contribution < -0.4 is 5.73 Å². The van der Waals surface area contributed by atoms with E-state index in [0.29, 0.717) is 5.71 Å². The molecule has 0 saturated heterocycles. The van der Waals surface area contributed by atoms with Crippen LogP contribution in [-0.4, -0.2) is 15.7 Å². The van der Waals surface area contributed by atoms with Crippen LogP contribution in [0.25, 0.3) is 11.1 Å². The third-order valence-corrected chi connectivity index (χ3v) is 2.44. The van der Waals surface area contributed by atoms with Gasteiger partial charge in [0.05, 0.1) is 5.39 Å². The minimum absolute atomic E-state index is 0.200. The van der Waals surface area contributed by atoms with Crippen molar-refractivity contribution in [1.29, 1.82) is 0 Å². The molecule has 5 heteroatoms. The number of carbonyl (C=O) groups excluding carboxylic acids is 1. The van der Waals surface area contributed by atoms with E-state index in [1.54, 1.807) is 11.6 Å². The smallest absolute Gasteiger partial charge is 0.284 e. The van der Waals surface area contributed by atoms with Gasteiger partial charge in [-0.25, -0.2) is 0 Å². The van der Waals surface area contributed by atoms with E-state index in [4.69, 9.17) is 10.2 Å². The van der Waals surface area contributed by atoms with Crippen LogP contribution in [0.15, 0.2) is 4.42 Å². The van der Waals surface area contributed by atoms with Crippen molar-refractivity contribution in [2.75, 3.05) is 0 Å². The molecule has 0 saturated carbocycles. The third kappa shape index (κ3) is 0.951. The summed E-state index contributed by atoms with van der Waals surface area (Å²) in [6.07, 6.45) is 0. The van der Waals surface area contributed by atoms with E-state index >= 15 is 0 Å². The summed E-state index contributed by atoms with van der Waals surface area (Å²) in [7, 11) is 1.83. The fourth-order valence-electron chi connectivity index (χ4n) is 1.60. The van der Waals surface area contributed by atoms with Gasteiger partial charge in [-0.1, -0.05) is 0 Å². The summed E-state index contributed by atoms with van der Waals surface area (Å²) in [6, 6.07) is 0. The summed E-state index contributed by atoms with van der Waals surface area (Å²) in [4.78, 5) is 11.0. The molecule has 2 heterocycles. The predicted molar refractivity (Wildman–Crippen MR) is 51.0 cm³/mol. The number of hydrogen-bond acceptors (Lipinski definition) is 3. The number of fused-ring (bicyclic) bond motifs is 1. The monoisotopic (exact) mass is 193 g/mol. The van der Waals surface area contributed by atoms with Gasteiger partial charge in [0, 0.05) is 18.3 Å². The normalized spacial score (nSPS) is 11.1. The maximum absolute atomic E-state index is 11.0. The molecule has 0 aliphatic carbocycles. The molecule has 0 aliphatic heterocycles. The number of nitrogens with two attached hydrogens (primary N) is 1. The van der Waals surface area contributed by atoms with Crippen molar-refractivity contribution in [3.05, 3.63) is 17.0 Å². The maximum Gasteiger partial charge on any atom is 0.284 e. The highest BCUT2D eigenvalue weighted by atomic mass is 16.4. The standard InChI is InChI=1S/C9H11N3O2/c1-4-6-5(2)12(3)11-9(6)14-7(4)8(10)13/h1-3H3,(H2,10,13). The van der Waals surface area contributed by atoms with Gasteiger partial charge in [0.2, 0.25) is 5.71 Å². The number of primary amides is 1. The van der Waals surface area contributed by atoms with E-state index < -0.39 is 5.91 Å². The largest absolute Gasteiger partial charge is 0.431 e. The lowest BCUT2D eigenvalue weighted by atomic mass is 10.2. The minimum Gasteiger partial charge on any atom is -0.431 e. The zero-order chi connectivity index (χ0) is 10.5. The van der Waals surface area contributed by atoms with Crippen molar-refractivity contribution in [3.63, 3.8) is 0 Å². The molecule has 0 fully saturated rings. The summed E-state index contributed by atoms with van der Waals surface area (Å²) in [5.74, 6) is -0.353. The molecule has 0 atom stereocenters. The predicted octanol–water partition coefficient (Wildman–Crippen LogP) is 0.882. The molecule has 1 amide bonds. The topological polar surface area (TPSA) is 74.1 Å². The van der Waals surface area contributed by atoms with E-state index in [1.165, 1.54) is 0 Å². The number of amides is 1. The second-order valence-electron chi connectivity index (χ2n) is 3.31. The van der Waals surface area contributed by atoms with Crippen molar-refractivity contribution in [3.8, 4) is 0 Å². The Balaban J connectivity index is 2.84. The molecule has 0 unspecified atom stereocenters. The van der Waals surface area contributed by atoms with Crippen LogP contribution in [0.3, 0.4) is 0 Å². The van der Waals surface area contributed by atoms with Crippen LogP contribution in [0.4, 0.5) is 0 Å². The van der Waals surface area contributed by atoms with Gasteiger partial charge in [0.15, 0.2) is 5.76 Å². The van der Waals surface area contributed by atoms with Gasteiger partial charge in [-0.15, -0.1) is 5.10 Å². The van der Waals surface area contributed by atoms with Crippen LogP contribution in [-0.2, 0) is 7.05 Å². The van der Waals surface area contributed by atoms with Gasteiger partial charge >= 0.3 is 0 Å². The fraction of sp³-hybridized carbons (Fsp3) is 0.333. The first-order valence-corrected chi connectivity index (χ1v) is 4.25.